The van der Waals surface area contributed by atoms with Crippen LogP contribution in [0.5, 0.6) is 0 Å². The van der Waals surface area contributed by atoms with Crippen LogP contribution in [-0.4, -0.2) is 51.8 Å². The molecule has 0 radical (unpaired) electrons. The van der Waals surface area contributed by atoms with Crippen LogP contribution in [0.2, 0.25) is 28.7 Å². The molecule has 0 unspecified atom stereocenters. The molecule has 0 atom stereocenters. The lowest BCUT2D eigenvalue weighted by atomic mass is 11.0. The molecular weight excluding hydrogens is 793 g/mol. The average molecular weight is 807 g/mol. The van der Waals surface area contributed by atoms with Crippen molar-refractivity contribution in [2.75, 3.05) is 0 Å². The van der Waals surface area contributed by atoms with Crippen molar-refractivity contribution in [2.24, 2.45) is 0 Å². The smallest absolute Gasteiger partial charge is 0.168 e. The zero-order valence-electron chi connectivity index (χ0n) is 13.9. The van der Waals surface area contributed by atoms with Crippen LogP contribution in [0.4, 0.5) is 0 Å². The lowest BCUT2D eigenvalue weighted by Crippen LogP contribution is -2.82. The van der Waals surface area contributed by atoms with E-state index in [1.165, 1.54) is 0 Å². The minimum Gasteiger partial charge on any atom is -0.168 e. The van der Waals surface area contributed by atoms with Crippen molar-refractivity contribution in [1.29, 1.82) is 0 Å². The molecule has 0 aromatic rings. The van der Waals surface area contributed by atoms with E-state index in [2.05, 4.69) is 0 Å². The molecule has 1 saturated heterocycles. The zero-order chi connectivity index (χ0) is 22.6. The zero-order valence-corrected chi connectivity index (χ0v) is 32.6. The lowest BCUT2D eigenvalue weighted by molar-refractivity contribution is 1.41. The number of hydrogen-bond acceptors (Lipinski definition) is 0. The third-order valence-corrected chi connectivity index (χ3v) is 148. The van der Waals surface area contributed by atoms with Crippen LogP contribution in [0.1, 0.15) is 6.92 Å². The maximum atomic E-state index is 7.17. The number of hydrogen-bond donors (Lipinski definition) is 0. The fourth-order valence-corrected chi connectivity index (χ4v) is 187. The molecule has 0 nitrogen and oxygen atoms in total. The van der Waals surface area contributed by atoms with Crippen molar-refractivity contribution < 1.29 is 0 Å². The summed E-state index contributed by atoms with van der Waals surface area (Å²) in [5.74, 6) is -3.48. The highest BCUT2D eigenvalue weighted by atomic mass is 35.9. The van der Waals surface area contributed by atoms with Crippen LogP contribution < -0.4 is 0 Å². The van der Waals surface area contributed by atoms with Gasteiger partial charge in [-0.25, -0.2) is 0 Å². The highest BCUT2D eigenvalue weighted by molar-refractivity contribution is 8.26. The first-order valence-corrected chi connectivity index (χ1v) is 43.6. The minimum atomic E-state index is -3.55. The van der Waals surface area contributed by atoms with Crippen LogP contribution in [0, 0.1) is 0 Å². The maximum absolute atomic E-state index is 7.17. The van der Waals surface area contributed by atoms with E-state index in [1.807, 2.05) is 6.92 Å². The number of halogens is 14. The van der Waals surface area contributed by atoms with E-state index < -0.39 is 51.8 Å². The average Bonchev–Trinajstić information content (AvgIpc) is 2.40. The van der Waals surface area contributed by atoms with E-state index in [0.717, 1.165) is 0 Å². The highest BCUT2D eigenvalue weighted by Gasteiger charge is 2.81. The van der Waals surface area contributed by atoms with Gasteiger partial charge in [-0.2, -0.15) is 11.1 Å². The van der Waals surface area contributed by atoms with Gasteiger partial charge in [0.05, 0.1) is 0 Å². The van der Waals surface area contributed by atoms with Gasteiger partial charge < -0.3 is 0 Å². The molecule has 1 fully saturated rings. The molecule has 0 bridgehead atoms. The fourth-order valence-electron chi connectivity index (χ4n) is 3.09. The predicted molar refractivity (Wildman–Crippen MR) is 159 cm³/mol. The summed E-state index contributed by atoms with van der Waals surface area (Å²) in [6, 6.07) is 0.714. The molecule has 0 aromatic heterocycles. The Bertz CT molecular complexity index is 557. The SMILES string of the molecule is CC[Si](Cl)(Cl)C[SiH]1C[Si](Cl)(Cl)[Si](Cl)([Si](Cl)(Cl)C[Si](Cl)(Cl)[Si](Cl)(Cl)Cl)[Si](Cl)(Cl)C1. The molecule has 0 aliphatic carbocycles. The molecule has 0 spiro atoms. The summed E-state index contributed by atoms with van der Waals surface area (Å²) in [4.78, 5) is 0. The molecule has 1 rings (SSSR count). The second-order valence-corrected chi connectivity index (χ2v) is 93.6. The summed E-state index contributed by atoms with van der Waals surface area (Å²) in [7, 11) is -1.63. The quantitative estimate of drug-likeness (QED) is 0.178. The lowest BCUT2D eigenvalue weighted by Gasteiger charge is -2.52. The van der Waals surface area contributed by atoms with Crippen LogP contribution >= 0.6 is 155 Å². The molecule has 1 aliphatic heterocycles. The van der Waals surface area contributed by atoms with Gasteiger partial charge in [-0.15, -0.1) is 144 Å². The van der Waals surface area contributed by atoms with E-state index in [-0.39, 0.29) is 5.67 Å². The van der Waals surface area contributed by atoms with Gasteiger partial charge in [0, 0.05) is 8.80 Å². The van der Waals surface area contributed by atoms with Gasteiger partial charge in [-0.05, 0) is 28.7 Å². The van der Waals surface area contributed by atoms with E-state index in [4.69, 9.17) is 155 Å². The van der Waals surface area contributed by atoms with Crippen LogP contribution in [0.15, 0.2) is 0 Å². The topological polar surface area (TPSA) is 0 Å². The second kappa shape index (κ2) is 10.6. The van der Waals surface area contributed by atoms with E-state index >= 15 is 0 Å². The van der Waals surface area contributed by atoms with Crippen molar-refractivity contribution in [3.63, 3.8) is 0 Å². The Labute approximate surface area is 238 Å². The maximum Gasteiger partial charge on any atom is 0.358 e. The molecule has 28 heavy (non-hydrogen) atoms. The largest absolute Gasteiger partial charge is 0.358 e. The van der Waals surface area contributed by atoms with Crippen molar-refractivity contribution in [3.8, 4) is 0 Å². The summed E-state index contributed by atoms with van der Waals surface area (Å²) >= 11 is 92.8. The molecule has 0 N–H and O–H groups in total. The van der Waals surface area contributed by atoms with Gasteiger partial charge in [-0.1, -0.05) is 6.92 Å². The van der Waals surface area contributed by atoms with Crippen LogP contribution in [0.3, 0.4) is 0 Å². The summed E-state index contributed by atoms with van der Waals surface area (Å²) in [5, 5.41) is 0. The highest BCUT2D eigenvalue weighted by Crippen LogP contribution is 2.59. The third kappa shape index (κ3) is 6.97. The summed E-state index contributed by atoms with van der Waals surface area (Å²) in [6.07, 6.45) is -13.5. The second-order valence-electron chi connectivity index (χ2n) is 6.84. The Balaban J connectivity index is 3.34. The first kappa shape index (κ1) is 31.8. The van der Waals surface area contributed by atoms with Gasteiger partial charge in [-0.3, -0.25) is 0 Å². The van der Waals surface area contributed by atoms with Crippen molar-refractivity contribution in [2.45, 2.75) is 35.6 Å². The molecular formula is C6H14Cl14Si8. The Morgan fingerprint density at radius 3 is 1.46 bits per heavy atom. The molecule has 1 aliphatic rings. The van der Waals surface area contributed by atoms with E-state index in [0.29, 0.717) is 23.0 Å². The van der Waals surface area contributed by atoms with Gasteiger partial charge in [0.25, 0.3) is 24.8 Å². The predicted octanol–water partition coefficient (Wildman–Crippen LogP) is 9.16. The van der Waals surface area contributed by atoms with Gasteiger partial charge in [0.15, 0.2) is 0 Å². The molecule has 1 heterocycles. The Kier molecular flexibility index (Phi) is 12.1. The van der Waals surface area contributed by atoms with Gasteiger partial charge >= 0.3 is 5.52 Å². The summed E-state index contributed by atoms with van der Waals surface area (Å²) in [5.41, 5.74) is -1.76. The molecule has 0 aromatic carbocycles. The Morgan fingerprint density at radius 1 is 0.750 bits per heavy atom. The Hall–Kier alpha value is 5.80. The first-order valence-electron chi connectivity index (χ1n) is 7.70. The van der Waals surface area contributed by atoms with E-state index in [1.54, 1.807) is 0 Å². The Morgan fingerprint density at radius 2 is 1.14 bits per heavy atom. The summed E-state index contributed by atoms with van der Waals surface area (Å²) < 4.78 is 0. The van der Waals surface area contributed by atoms with Crippen molar-refractivity contribution in [1.82, 2.24) is 0 Å². The molecule has 168 valence electrons. The number of rotatable bonds is 7. The van der Waals surface area contributed by atoms with Crippen molar-refractivity contribution >= 4 is 207 Å². The first-order chi connectivity index (χ1) is 12.1. The van der Waals surface area contributed by atoms with Crippen molar-refractivity contribution in [3.05, 3.63) is 0 Å². The molecule has 22 heteroatoms. The minimum absolute atomic E-state index is 0.0854. The summed E-state index contributed by atoms with van der Waals surface area (Å²) in [6.45, 7) is -0.432. The van der Waals surface area contributed by atoms with Crippen LogP contribution in [-0.2, 0) is 0 Å². The third-order valence-electron chi connectivity index (χ3n) is 4.57. The monoisotopic (exact) mass is 799 g/mol. The standard InChI is InChI=1S/C6H14Cl14Si8/c1-2-22(7,8)3-21-4-23(9,10)28(20,24(11,12)5-21)26(15,16)6-25(13,14)27(17,18)19/h21H,2-6H2,1H3. The van der Waals surface area contributed by atoms with Crippen LogP contribution in [0.25, 0.3) is 0 Å². The molecule has 0 amide bonds. The van der Waals surface area contributed by atoms with E-state index in [9.17, 15) is 0 Å². The fraction of sp³-hybridized carbons (Fsp3) is 1.00. The molecule has 0 saturated carbocycles. The van der Waals surface area contributed by atoms with Gasteiger partial charge in [0.1, 0.15) is 0 Å². The van der Waals surface area contributed by atoms with Gasteiger partial charge in [0.2, 0.25) is 12.6 Å². The normalized spacial score (nSPS) is 29.0.